The summed E-state index contributed by atoms with van der Waals surface area (Å²) >= 11 is 0. The molecule has 0 radical (unpaired) electrons. The molecule has 2 heterocycles. The molecule has 0 saturated carbocycles. The molecule has 1 N–H and O–H groups in total. The summed E-state index contributed by atoms with van der Waals surface area (Å²) in [4.78, 5) is 4.72. The number of unbranched alkanes of at least 4 members (excludes halogenated alkanes) is 1. The van der Waals surface area contributed by atoms with E-state index >= 15 is 0 Å². The van der Waals surface area contributed by atoms with Crippen LogP contribution in [0.25, 0.3) is 0 Å². The molecular formula is C18H28N6O. The standard InChI is InChI=1S/C18H28N6O/c1-2-3-9-24-18(19-20-21-24)15-23-12-10-22(11-13-23)14-17(25)16-7-5-4-6-8-16/h4-8,17,25H,2-3,9-15H2,1H3/t17-/m1/s1. The van der Waals surface area contributed by atoms with Gasteiger partial charge in [-0.2, -0.15) is 0 Å². The first kappa shape index (κ1) is 18.0. The van der Waals surface area contributed by atoms with Gasteiger partial charge in [0.2, 0.25) is 0 Å². The number of nitrogens with zero attached hydrogens (tertiary/aromatic N) is 6. The molecule has 1 atom stereocenters. The van der Waals surface area contributed by atoms with Crippen molar-refractivity contribution in [3.8, 4) is 0 Å². The Morgan fingerprint density at radius 2 is 1.80 bits per heavy atom. The van der Waals surface area contributed by atoms with E-state index in [9.17, 15) is 5.11 Å². The summed E-state index contributed by atoms with van der Waals surface area (Å²) in [5, 5.41) is 22.5. The van der Waals surface area contributed by atoms with E-state index in [1.54, 1.807) is 0 Å². The van der Waals surface area contributed by atoms with Gasteiger partial charge in [0.25, 0.3) is 0 Å². The van der Waals surface area contributed by atoms with Crippen LogP contribution in [0.4, 0.5) is 0 Å². The van der Waals surface area contributed by atoms with Crippen molar-refractivity contribution in [1.29, 1.82) is 0 Å². The zero-order chi connectivity index (χ0) is 17.5. The number of aliphatic hydroxyl groups excluding tert-OH is 1. The molecule has 2 aromatic rings. The number of aliphatic hydroxyl groups is 1. The smallest absolute Gasteiger partial charge is 0.165 e. The number of rotatable bonds is 8. The molecule has 3 rings (SSSR count). The van der Waals surface area contributed by atoms with Crippen LogP contribution in [0, 0.1) is 0 Å². The number of benzene rings is 1. The van der Waals surface area contributed by atoms with Crippen molar-refractivity contribution in [2.75, 3.05) is 32.7 Å². The van der Waals surface area contributed by atoms with Crippen molar-refractivity contribution in [2.24, 2.45) is 0 Å². The second-order valence-corrected chi connectivity index (χ2v) is 6.68. The molecule has 0 aliphatic carbocycles. The monoisotopic (exact) mass is 344 g/mol. The van der Waals surface area contributed by atoms with Crippen LogP contribution in [0.5, 0.6) is 0 Å². The van der Waals surface area contributed by atoms with Crippen molar-refractivity contribution in [2.45, 2.75) is 39.0 Å². The van der Waals surface area contributed by atoms with Gasteiger partial charge in [0.1, 0.15) is 0 Å². The van der Waals surface area contributed by atoms with E-state index in [-0.39, 0.29) is 0 Å². The fraction of sp³-hybridized carbons (Fsp3) is 0.611. The Balaban J connectivity index is 1.45. The number of aryl methyl sites for hydroxylation is 1. The Labute approximate surface area is 149 Å². The zero-order valence-electron chi connectivity index (χ0n) is 15.0. The van der Waals surface area contributed by atoms with Gasteiger partial charge in [-0.05, 0) is 22.4 Å². The third-order valence-corrected chi connectivity index (χ3v) is 4.77. The molecular weight excluding hydrogens is 316 g/mol. The van der Waals surface area contributed by atoms with E-state index in [1.165, 1.54) is 0 Å². The summed E-state index contributed by atoms with van der Waals surface area (Å²) in [5.74, 6) is 0.950. The first-order valence-electron chi connectivity index (χ1n) is 9.19. The lowest BCUT2D eigenvalue weighted by Crippen LogP contribution is -2.47. The highest BCUT2D eigenvalue weighted by Crippen LogP contribution is 2.15. The van der Waals surface area contributed by atoms with Crippen molar-refractivity contribution in [3.63, 3.8) is 0 Å². The number of piperazine rings is 1. The van der Waals surface area contributed by atoms with Crippen molar-refractivity contribution >= 4 is 0 Å². The van der Waals surface area contributed by atoms with E-state index in [4.69, 9.17) is 0 Å². The number of hydrogen-bond acceptors (Lipinski definition) is 6. The average Bonchev–Trinajstić information content (AvgIpc) is 3.09. The summed E-state index contributed by atoms with van der Waals surface area (Å²) in [6.45, 7) is 8.41. The normalized spacial score (nSPS) is 17.7. The molecule has 1 aromatic heterocycles. The van der Waals surface area contributed by atoms with Gasteiger partial charge in [-0.1, -0.05) is 43.7 Å². The van der Waals surface area contributed by atoms with Crippen molar-refractivity contribution in [3.05, 3.63) is 41.7 Å². The highest BCUT2D eigenvalue weighted by atomic mass is 16.3. The number of tetrazole rings is 1. The Bertz CT molecular complexity index is 624. The van der Waals surface area contributed by atoms with Gasteiger partial charge < -0.3 is 5.11 Å². The third-order valence-electron chi connectivity index (χ3n) is 4.77. The van der Waals surface area contributed by atoms with Crippen molar-refractivity contribution in [1.82, 2.24) is 30.0 Å². The zero-order valence-corrected chi connectivity index (χ0v) is 15.0. The van der Waals surface area contributed by atoms with Gasteiger partial charge >= 0.3 is 0 Å². The molecule has 7 heteroatoms. The summed E-state index contributed by atoms with van der Waals surface area (Å²) < 4.78 is 1.93. The topological polar surface area (TPSA) is 70.3 Å². The lowest BCUT2D eigenvalue weighted by Gasteiger charge is -2.35. The minimum Gasteiger partial charge on any atom is -0.387 e. The minimum atomic E-state index is -0.422. The molecule has 1 aromatic carbocycles. The summed E-state index contributed by atoms with van der Waals surface area (Å²) in [6.07, 6.45) is 1.82. The maximum Gasteiger partial charge on any atom is 0.165 e. The van der Waals surface area contributed by atoms with Crippen LogP contribution in [0.15, 0.2) is 30.3 Å². The highest BCUT2D eigenvalue weighted by molar-refractivity contribution is 5.17. The molecule has 0 spiro atoms. The second-order valence-electron chi connectivity index (χ2n) is 6.68. The fourth-order valence-corrected chi connectivity index (χ4v) is 3.17. The average molecular weight is 344 g/mol. The number of hydrogen-bond donors (Lipinski definition) is 1. The van der Waals surface area contributed by atoms with E-state index in [1.807, 2.05) is 35.0 Å². The quantitative estimate of drug-likeness (QED) is 0.779. The van der Waals surface area contributed by atoms with Gasteiger partial charge in [0.15, 0.2) is 5.82 Å². The first-order valence-corrected chi connectivity index (χ1v) is 9.19. The van der Waals surface area contributed by atoms with Gasteiger partial charge in [0.05, 0.1) is 12.6 Å². The molecule has 1 aliphatic heterocycles. The van der Waals surface area contributed by atoms with Gasteiger partial charge in [-0.3, -0.25) is 9.80 Å². The summed E-state index contributed by atoms with van der Waals surface area (Å²) in [6, 6.07) is 9.88. The summed E-state index contributed by atoms with van der Waals surface area (Å²) in [7, 11) is 0. The molecule has 0 amide bonds. The summed E-state index contributed by atoms with van der Waals surface area (Å²) in [5.41, 5.74) is 0.986. The molecule has 1 saturated heterocycles. The van der Waals surface area contributed by atoms with Crippen LogP contribution in [-0.4, -0.2) is 67.8 Å². The van der Waals surface area contributed by atoms with Crippen molar-refractivity contribution < 1.29 is 5.11 Å². The number of aromatic nitrogens is 4. The van der Waals surface area contributed by atoms with E-state index < -0.39 is 6.10 Å². The van der Waals surface area contributed by atoms with Crippen LogP contribution in [0.2, 0.25) is 0 Å². The molecule has 0 bridgehead atoms. The lowest BCUT2D eigenvalue weighted by molar-refractivity contribution is 0.0687. The highest BCUT2D eigenvalue weighted by Gasteiger charge is 2.21. The first-order chi connectivity index (χ1) is 12.3. The van der Waals surface area contributed by atoms with Crippen LogP contribution in [-0.2, 0) is 13.1 Å². The molecule has 0 unspecified atom stereocenters. The minimum absolute atomic E-state index is 0.422. The molecule has 25 heavy (non-hydrogen) atoms. The van der Waals surface area contributed by atoms with E-state index in [0.29, 0.717) is 6.54 Å². The fourth-order valence-electron chi connectivity index (χ4n) is 3.17. The second kappa shape index (κ2) is 9.03. The largest absolute Gasteiger partial charge is 0.387 e. The molecule has 1 fully saturated rings. The maximum atomic E-state index is 10.4. The van der Waals surface area contributed by atoms with Crippen LogP contribution in [0.3, 0.4) is 0 Å². The van der Waals surface area contributed by atoms with E-state index in [0.717, 1.165) is 63.5 Å². The van der Waals surface area contributed by atoms with Crippen LogP contribution in [0.1, 0.15) is 37.3 Å². The predicted molar refractivity (Wildman–Crippen MR) is 95.8 cm³/mol. The lowest BCUT2D eigenvalue weighted by atomic mass is 10.1. The molecule has 136 valence electrons. The van der Waals surface area contributed by atoms with Crippen LogP contribution < -0.4 is 0 Å². The predicted octanol–water partition coefficient (Wildman–Crippen LogP) is 1.32. The molecule has 7 nitrogen and oxygen atoms in total. The van der Waals surface area contributed by atoms with Gasteiger partial charge in [0, 0.05) is 39.3 Å². The van der Waals surface area contributed by atoms with Gasteiger partial charge in [-0.15, -0.1) is 5.10 Å². The Hall–Kier alpha value is -1.83. The number of β-amino-alcohol motifs (C(OH)–C–C–N with tert-alkyl or cyclic N) is 1. The Morgan fingerprint density at radius 3 is 2.52 bits per heavy atom. The SMILES string of the molecule is CCCCn1nnnc1CN1CCN(C[C@@H](O)c2ccccc2)CC1. The van der Waals surface area contributed by atoms with Crippen LogP contribution >= 0.6 is 0 Å². The molecule has 1 aliphatic rings. The van der Waals surface area contributed by atoms with E-state index in [2.05, 4.69) is 32.2 Å². The Kier molecular flexibility index (Phi) is 6.49. The van der Waals surface area contributed by atoms with Gasteiger partial charge in [-0.25, -0.2) is 4.68 Å². The third kappa shape index (κ3) is 5.07. The Morgan fingerprint density at radius 1 is 1.08 bits per heavy atom. The maximum absolute atomic E-state index is 10.4.